The monoisotopic (exact) mass is 226 g/mol. The van der Waals surface area contributed by atoms with E-state index in [4.69, 9.17) is 0 Å². The van der Waals surface area contributed by atoms with Crippen LogP contribution in [-0.4, -0.2) is 57.6 Å². The van der Waals surface area contributed by atoms with Gasteiger partial charge in [-0.2, -0.15) is 5.21 Å². The fraction of sp³-hybridized carbons (Fsp3) is 0.778. The zero-order valence-corrected chi connectivity index (χ0v) is 9.73. The Kier molecular flexibility index (Phi) is 5.41. The van der Waals surface area contributed by atoms with E-state index in [1.807, 2.05) is 0 Å². The first kappa shape index (κ1) is 12.6. The van der Waals surface area contributed by atoms with Crippen LogP contribution in [0.15, 0.2) is 0 Å². The van der Waals surface area contributed by atoms with Gasteiger partial charge in [-0.1, -0.05) is 19.1 Å². The van der Waals surface area contributed by atoms with Crippen LogP contribution in [0.2, 0.25) is 0 Å². The minimum absolute atomic E-state index is 0.0754. The summed E-state index contributed by atoms with van der Waals surface area (Å²) in [7, 11) is 0. The van der Waals surface area contributed by atoms with E-state index < -0.39 is 0 Å². The standard InChI is InChI=1S/C9H18N6O/c1-3-15(4-2)6-5-10-9(16)7-8-11-13-14-12-8/h3-7H2,1-2H3,(H,10,16)(H,11,12,13,14). The first-order chi connectivity index (χ1) is 7.76. The zero-order chi connectivity index (χ0) is 11.8. The van der Waals surface area contributed by atoms with E-state index in [1.54, 1.807) is 0 Å². The minimum Gasteiger partial charge on any atom is -0.354 e. The number of aromatic nitrogens is 4. The van der Waals surface area contributed by atoms with Gasteiger partial charge in [0, 0.05) is 13.1 Å². The Morgan fingerprint density at radius 1 is 1.44 bits per heavy atom. The van der Waals surface area contributed by atoms with Crippen molar-refractivity contribution < 1.29 is 4.79 Å². The molecule has 7 nitrogen and oxygen atoms in total. The summed E-state index contributed by atoms with van der Waals surface area (Å²) in [5.41, 5.74) is 0. The van der Waals surface area contributed by atoms with E-state index in [-0.39, 0.29) is 12.3 Å². The average molecular weight is 226 g/mol. The summed E-state index contributed by atoms with van der Waals surface area (Å²) in [6.45, 7) is 7.72. The number of carbonyl (C=O) groups excluding carboxylic acids is 1. The Labute approximate surface area is 94.6 Å². The van der Waals surface area contributed by atoms with Crippen LogP contribution in [0.25, 0.3) is 0 Å². The zero-order valence-electron chi connectivity index (χ0n) is 9.73. The van der Waals surface area contributed by atoms with Gasteiger partial charge in [0.15, 0.2) is 5.82 Å². The highest BCUT2D eigenvalue weighted by Gasteiger charge is 2.06. The van der Waals surface area contributed by atoms with Crippen molar-refractivity contribution >= 4 is 5.91 Å². The predicted molar refractivity (Wildman–Crippen MR) is 58.7 cm³/mol. The van der Waals surface area contributed by atoms with Crippen molar-refractivity contribution in [2.75, 3.05) is 26.2 Å². The topological polar surface area (TPSA) is 86.8 Å². The van der Waals surface area contributed by atoms with Crippen molar-refractivity contribution in [2.24, 2.45) is 0 Å². The van der Waals surface area contributed by atoms with E-state index in [1.165, 1.54) is 0 Å². The van der Waals surface area contributed by atoms with Crippen LogP contribution in [-0.2, 0) is 11.2 Å². The minimum atomic E-state index is -0.0754. The lowest BCUT2D eigenvalue weighted by Gasteiger charge is -2.17. The van der Waals surface area contributed by atoms with Crippen molar-refractivity contribution in [3.05, 3.63) is 5.82 Å². The summed E-state index contributed by atoms with van der Waals surface area (Å²) in [4.78, 5) is 13.7. The Morgan fingerprint density at radius 3 is 2.75 bits per heavy atom. The quantitative estimate of drug-likeness (QED) is 0.635. The summed E-state index contributed by atoms with van der Waals surface area (Å²) in [6, 6.07) is 0. The number of likely N-dealkylation sites (N-methyl/N-ethyl adjacent to an activating group) is 1. The van der Waals surface area contributed by atoms with Crippen LogP contribution in [0.3, 0.4) is 0 Å². The molecule has 1 heterocycles. The van der Waals surface area contributed by atoms with E-state index >= 15 is 0 Å². The maximum atomic E-state index is 11.4. The summed E-state index contributed by atoms with van der Waals surface area (Å²) >= 11 is 0. The molecule has 1 amide bonds. The van der Waals surface area contributed by atoms with Crippen molar-refractivity contribution in [3.63, 3.8) is 0 Å². The fourth-order valence-corrected chi connectivity index (χ4v) is 1.36. The number of nitrogens with zero attached hydrogens (tertiary/aromatic N) is 4. The van der Waals surface area contributed by atoms with Gasteiger partial charge in [0.05, 0.1) is 6.42 Å². The molecule has 0 radical (unpaired) electrons. The third kappa shape index (κ3) is 4.35. The fourth-order valence-electron chi connectivity index (χ4n) is 1.36. The van der Waals surface area contributed by atoms with Gasteiger partial charge in [0.25, 0.3) is 0 Å². The molecule has 0 bridgehead atoms. The molecule has 0 aliphatic carbocycles. The molecular weight excluding hydrogens is 208 g/mol. The highest BCUT2D eigenvalue weighted by Crippen LogP contribution is 1.87. The second-order valence-corrected chi connectivity index (χ2v) is 3.38. The van der Waals surface area contributed by atoms with Crippen LogP contribution in [0.4, 0.5) is 0 Å². The molecule has 0 saturated heterocycles. The van der Waals surface area contributed by atoms with Gasteiger partial charge in [-0.25, -0.2) is 0 Å². The van der Waals surface area contributed by atoms with E-state index in [0.717, 1.165) is 19.6 Å². The molecule has 0 saturated carbocycles. The smallest absolute Gasteiger partial charge is 0.227 e. The molecule has 0 aromatic carbocycles. The molecule has 7 heteroatoms. The molecule has 90 valence electrons. The predicted octanol–water partition coefficient (Wildman–Crippen LogP) is -0.800. The lowest BCUT2D eigenvalue weighted by molar-refractivity contribution is -0.120. The normalized spacial score (nSPS) is 10.7. The van der Waals surface area contributed by atoms with Crippen molar-refractivity contribution in [1.29, 1.82) is 0 Å². The highest BCUT2D eigenvalue weighted by molar-refractivity contribution is 5.77. The molecule has 0 spiro atoms. The summed E-state index contributed by atoms with van der Waals surface area (Å²) in [6.07, 6.45) is 0.175. The molecule has 0 aliphatic heterocycles. The largest absolute Gasteiger partial charge is 0.354 e. The number of tetrazole rings is 1. The van der Waals surface area contributed by atoms with E-state index in [2.05, 4.69) is 44.7 Å². The number of hydrogen-bond donors (Lipinski definition) is 2. The van der Waals surface area contributed by atoms with Crippen LogP contribution in [0.5, 0.6) is 0 Å². The molecule has 0 fully saturated rings. The molecule has 1 aromatic heterocycles. The van der Waals surface area contributed by atoms with Gasteiger partial charge >= 0.3 is 0 Å². The molecule has 0 unspecified atom stereocenters. The number of hydrogen-bond acceptors (Lipinski definition) is 5. The van der Waals surface area contributed by atoms with Crippen LogP contribution < -0.4 is 5.32 Å². The molecular formula is C9H18N6O. The Balaban J connectivity index is 2.15. The van der Waals surface area contributed by atoms with Crippen LogP contribution in [0, 0.1) is 0 Å². The third-order valence-electron chi connectivity index (χ3n) is 2.35. The highest BCUT2D eigenvalue weighted by atomic mass is 16.1. The molecule has 16 heavy (non-hydrogen) atoms. The molecule has 2 N–H and O–H groups in total. The maximum Gasteiger partial charge on any atom is 0.227 e. The second kappa shape index (κ2) is 6.89. The van der Waals surface area contributed by atoms with E-state index in [9.17, 15) is 4.79 Å². The third-order valence-corrected chi connectivity index (χ3v) is 2.35. The Morgan fingerprint density at radius 2 is 2.19 bits per heavy atom. The number of amides is 1. The van der Waals surface area contributed by atoms with Gasteiger partial charge in [-0.15, -0.1) is 10.2 Å². The van der Waals surface area contributed by atoms with Gasteiger partial charge in [-0.3, -0.25) is 4.79 Å². The second-order valence-electron chi connectivity index (χ2n) is 3.38. The number of rotatable bonds is 7. The van der Waals surface area contributed by atoms with Gasteiger partial charge in [0.2, 0.25) is 5.91 Å². The van der Waals surface area contributed by atoms with Crippen molar-refractivity contribution in [2.45, 2.75) is 20.3 Å². The first-order valence-corrected chi connectivity index (χ1v) is 5.47. The average Bonchev–Trinajstić information content (AvgIpc) is 2.77. The number of aromatic amines is 1. The first-order valence-electron chi connectivity index (χ1n) is 5.47. The Hall–Kier alpha value is -1.50. The SMILES string of the molecule is CCN(CC)CCNC(=O)Cc1nn[nH]n1. The number of nitrogens with one attached hydrogen (secondary N) is 2. The van der Waals surface area contributed by atoms with E-state index in [0.29, 0.717) is 12.4 Å². The summed E-state index contributed by atoms with van der Waals surface area (Å²) in [5.74, 6) is 0.342. The maximum absolute atomic E-state index is 11.4. The Bertz CT molecular complexity index is 295. The molecule has 0 atom stereocenters. The summed E-state index contributed by atoms with van der Waals surface area (Å²) in [5, 5.41) is 15.9. The summed E-state index contributed by atoms with van der Waals surface area (Å²) < 4.78 is 0. The van der Waals surface area contributed by atoms with Crippen molar-refractivity contribution in [3.8, 4) is 0 Å². The lowest BCUT2D eigenvalue weighted by Crippen LogP contribution is -2.35. The lowest BCUT2D eigenvalue weighted by atomic mass is 10.4. The van der Waals surface area contributed by atoms with Gasteiger partial charge in [0.1, 0.15) is 0 Å². The van der Waals surface area contributed by atoms with Crippen LogP contribution in [0.1, 0.15) is 19.7 Å². The number of carbonyl (C=O) groups is 1. The number of H-pyrrole nitrogens is 1. The van der Waals surface area contributed by atoms with Gasteiger partial charge in [-0.05, 0) is 13.1 Å². The van der Waals surface area contributed by atoms with Crippen LogP contribution >= 0.6 is 0 Å². The van der Waals surface area contributed by atoms with Crippen molar-refractivity contribution in [1.82, 2.24) is 30.8 Å². The molecule has 0 aliphatic rings. The van der Waals surface area contributed by atoms with Gasteiger partial charge < -0.3 is 10.2 Å². The molecule has 1 rings (SSSR count). The molecule has 1 aromatic rings.